The number of nitrogens with one attached hydrogen (secondary N) is 1. The second kappa shape index (κ2) is 7.45. The molecule has 19 heavy (non-hydrogen) atoms. The van der Waals surface area contributed by atoms with Crippen LogP contribution in [0.2, 0.25) is 0 Å². The van der Waals surface area contributed by atoms with Crippen LogP contribution in [0.3, 0.4) is 0 Å². The molecule has 1 aromatic rings. The van der Waals surface area contributed by atoms with E-state index in [9.17, 15) is 12.8 Å². The Morgan fingerprint density at radius 2 is 2.05 bits per heavy atom. The maximum Gasteiger partial charge on any atom is 0.234 e. The van der Waals surface area contributed by atoms with Crippen molar-refractivity contribution in [3.05, 3.63) is 30.1 Å². The Kier molecular flexibility index (Phi) is 6.24. The van der Waals surface area contributed by atoms with Crippen LogP contribution in [0.15, 0.2) is 24.3 Å². The van der Waals surface area contributed by atoms with Crippen molar-refractivity contribution in [2.24, 2.45) is 0 Å². The van der Waals surface area contributed by atoms with Gasteiger partial charge in [0.05, 0.1) is 11.4 Å². The van der Waals surface area contributed by atoms with Gasteiger partial charge in [0, 0.05) is 7.05 Å². The molecule has 0 heterocycles. The summed E-state index contributed by atoms with van der Waals surface area (Å²) < 4.78 is 38.3. The Hall–Kier alpha value is -1.14. The van der Waals surface area contributed by atoms with Crippen LogP contribution in [-0.4, -0.2) is 34.3 Å². The predicted octanol–water partition coefficient (Wildman–Crippen LogP) is 1.98. The van der Waals surface area contributed by atoms with Crippen LogP contribution in [0.25, 0.3) is 0 Å². The molecule has 4 nitrogen and oxygen atoms in total. The van der Waals surface area contributed by atoms with Gasteiger partial charge in [-0.3, -0.25) is 4.31 Å². The average Bonchev–Trinajstić information content (AvgIpc) is 2.37. The molecule has 0 bridgehead atoms. The van der Waals surface area contributed by atoms with Gasteiger partial charge in [-0.2, -0.15) is 0 Å². The lowest BCUT2D eigenvalue weighted by atomic mass is 10.3. The molecule has 0 spiro atoms. The van der Waals surface area contributed by atoms with Crippen molar-refractivity contribution in [3.63, 3.8) is 0 Å². The fourth-order valence-electron chi connectivity index (χ4n) is 1.65. The van der Waals surface area contributed by atoms with Gasteiger partial charge in [-0.1, -0.05) is 13.0 Å². The van der Waals surface area contributed by atoms with E-state index >= 15 is 0 Å². The SMILES string of the molecule is CCCNCCCS(=O)(=O)N(C)c1cccc(F)c1. The number of nitrogens with zero attached hydrogens (tertiary/aromatic N) is 1. The Balaban J connectivity index is 2.57. The van der Waals surface area contributed by atoms with E-state index in [-0.39, 0.29) is 5.75 Å². The molecular weight excluding hydrogens is 267 g/mol. The van der Waals surface area contributed by atoms with E-state index < -0.39 is 15.8 Å². The van der Waals surface area contributed by atoms with E-state index in [2.05, 4.69) is 12.2 Å². The van der Waals surface area contributed by atoms with Crippen molar-refractivity contribution >= 4 is 15.7 Å². The minimum Gasteiger partial charge on any atom is -0.317 e. The van der Waals surface area contributed by atoms with Crippen LogP contribution in [-0.2, 0) is 10.0 Å². The third kappa shape index (κ3) is 5.16. The average molecular weight is 288 g/mol. The minimum absolute atomic E-state index is 0.0523. The molecular formula is C13H21FN2O2S. The van der Waals surface area contributed by atoms with Gasteiger partial charge in [-0.05, 0) is 44.1 Å². The largest absolute Gasteiger partial charge is 0.317 e. The van der Waals surface area contributed by atoms with Crippen molar-refractivity contribution in [2.45, 2.75) is 19.8 Å². The summed E-state index contributed by atoms with van der Waals surface area (Å²) in [5, 5.41) is 3.15. The second-order valence-electron chi connectivity index (χ2n) is 4.37. The molecule has 0 unspecified atom stereocenters. The summed E-state index contributed by atoms with van der Waals surface area (Å²) in [4.78, 5) is 0. The zero-order chi connectivity index (χ0) is 14.3. The van der Waals surface area contributed by atoms with Crippen LogP contribution in [0.1, 0.15) is 19.8 Å². The van der Waals surface area contributed by atoms with Crippen molar-refractivity contribution in [2.75, 3.05) is 30.2 Å². The maximum absolute atomic E-state index is 13.1. The highest BCUT2D eigenvalue weighted by atomic mass is 32.2. The van der Waals surface area contributed by atoms with Gasteiger partial charge in [0.25, 0.3) is 0 Å². The third-order valence-electron chi connectivity index (χ3n) is 2.77. The summed E-state index contributed by atoms with van der Waals surface area (Å²) in [5.74, 6) is -0.388. The molecule has 0 saturated heterocycles. The quantitative estimate of drug-likeness (QED) is 0.744. The third-order valence-corrected chi connectivity index (χ3v) is 4.62. The molecule has 108 valence electrons. The molecule has 0 aliphatic carbocycles. The minimum atomic E-state index is -3.39. The van der Waals surface area contributed by atoms with Crippen molar-refractivity contribution in [1.29, 1.82) is 0 Å². The van der Waals surface area contributed by atoms with Gasteiger partial charge >= 0.3 is 0 Å². The van der Waals surface area contributed by atoms with Crippen LogP contribution >= 0.6 is 0 Å². The zero-order valence-corrected chi connectivity index (χ0v) is 12.2. The lowest BCUT2D eigenvalue weighted by molar-refractivity contribution is 0.586. The lowest BCUT2D eigenvalue weighted by Gasteiger charge is -2.19. The van der Waals surface area contributed by atoms with E-state index in [0.29, 0.717) is 18.7 Å². The molecule has 6 heteroatoms. The first-order valence-corrected chi connectivity index (χ1v) is 8.01. The molecule has 0 atom stereocenters. The number of hydrogen-bond donors (Lipinski definition) is 1. The van der Waals surface area contributed by atoms with Crippen LogP contribution in [0.5, 0.6) is 0 Å². The monoisotopic (exact) mass is 288 g/mol. The molecule has 0 radical (unpaired) electrons. The topological polar surface area (TPSA) is 49.4 Å². The molecule has 0 fully saturated rings. The Morgan fingerprint density at radius 3 is 2.68 bits per heavy atom. The summed E-state index contributed by atoms with van der Waals surface area (Å²) in [6.45, 7) is 3.62. The van der Waals surface area contributed by atoms with E-state index in [1.54, 1.807) is 6.07 Å². The summed E-state index contributed by atoms with van der Waals surface area (Å²) in [6, 6.07) is 5.58. The van der Waals surface area contributed by atoms with E-state index in [4.69, 9.17) is 0 Å². The highest BCUT2D eigenvalue weighted by Gasteiger charge is 2.18. The van der Waals surface area contributed by atoms with Crippen molar-refractivity contribution in [1.82, 2.24) is 5.32 Å². The zero-order valence-electron chi connectivity index (χ0n) is 11.4. The van der Waals surface area contributed by atoms with Gasteiger partial charge < -0.3 is 5.32 Å². The fourth-order valence-corrected chi connectivity index (χ4v) is 2.87. The number of anilines is 1. The van der Waals surface area contributed by atoms with E-state index in [1.165, 1.54) is 25.2 Å². The molecule has 1 N–H and O–H groups in total. The Morgan fingerprint density at radius 1 is 1.32 bits per heavy atom. The standard InChI is InChI=1S/C13H21FN2O2S/c1-3-8-15-9-5-10-19(17,18)16(2)13-7-4-6-12(14)11-13/h4,6-7,11,15H,3,5,8-10H2,1-2H3. The highest BCUT2D eigenvalue weighted by molar-refractivity contribution is 7.92. The van der Waals surface area contributed by atoms with E-state index in [1.807, 2.05) is 0 Å². The second-order valence-corrected chi connectivity index (χ2v) is 6.49. The maximum atomic E-state index is 13.1. The predicted molar refractivity (Wildman–Crippen MR) is 76.4 cm³/mol. The highest BCUT2D eigenvalue weighted by Crippen LogP contribution is 2.17. The first-order chi connectivity index (χ1) is 8.97. The van der Waals surface area contributed by atoms with Gasteiger partial charge in [0.15, 0.2) is 0 Å². The van der Waals surface area contributed by atoms with Gasteiger partial charge in [-0.15, -0.1) is 0 Å². The first kappa shape index (κ1) is 15.9. The van der Waals surface area contributed by atoms with Gasteiger partial charge in [-0.25, -0.2) is 12.8 Å². The van der Waals surface area contributed by atoms with Crippen LogP contribution in [0, 0.1) is 5.82 Å². The fraction of sp³-hybridized carbons (Fsp3) is 0.538. The molecule has 0 aliphatic rings. The van der Waals surface area contributed by atoms with E-state index in [0.717, 1.165) is 17.3 Å². The molecule has 0 aliphatic heterocycles. The number of sulfonamides is 1. The smallest absolute Gasteiger partial charge is 0.234 e. The number of halogens is 1. The summed E-state index contributed by atoms with van der Waals surface area (Å²) in [5.41, 5.74) is 0.349. The molecule has 0 aromatic heterocycles. The lowest BCUT2D eigenvalue weighted by Crippen LogP contribution is -2.30. The van der Waals surface area contributed by atoms with Gasteiger partial charge in [0.1, 0.15) is 5.82 Å². The molecule has 1 aromatic carbocycles. The molecule has 0 amide bonds. The number of benzene rings is 1. The number of hydrogen-bond acceptors (Lipinski definition) is 3. The summed E-state index contributed by atoms with van der Waals surface area (Å²) >= 11 is 0. The van der Waals surface area contributed by atoms with Crippen molar-refractivity contribution < 1.29 is 12.8 Å². The first-order valence-electron chi connectivity index (χ1n) is 6.40. The Labute approximate surface area is 114 Å². The van der Waals surface area contributed by atoms with Crippen molar-refractivity contribution in [3.8, 4) is 0 Å². The summed E-state index contributed by atoms with van der Waals surface area (Å²) in [6.07, 6.45) is 1.57. The summed E-state index contributed by atoms with van der Waals surface area (Å²) in [7, 11) is -1.94. The van der Waals surface area contributed by atoms with Crippen LogP contribution < -0.4 is 9.62 Å². The van der Waals surface area contributed by atoms with Gasteiger partial charge in [0.2, 0.25) is 10.0 Å². The van der Waals surface area contributed by atoms with Crippen LogP contribution in [0.4, 0.5) is 10.1 Å². The molecule has 0 saturated carbocycles. The normalized spacial score (nSPS) is 11.5. The number of rotatable bonds is 8. The molecule has 1 rings (SSSR count). The Bertz CT molecular complexity index is 491.